The minimum Gasteiger partial charge on any atom is -0.326 e. The monoisotopic (exact) mass is 458 g/mol. The Bertz CT molecular complexity index is 886. The predicted molar refractivity (Wildman–Crippen MR) is 110 cm³/mol. The lowest BCUT2D eigenvalue weighted by molar-refractivity contribution is -0.116. The Morgan fingerprint density at radius 1 is 1.19 bits per heavy atom. The van der Waals surface area contributed by atoms with E-state index in [4.69, 9.17) is 11.6 Å². The highest BCUT2D eigenvalue weighted by molar-refractivity contribution is 9.10. The summed E-state index contributed by atoms with van der Waals surface area (Å²) in [6, 6.07) is 12.1. The third-order valence-electron chi connectivity index (χ3n) is 3.72. The molecule has 0 aromatic heterocycles. The van der Waals surface area contributed by atoms with Crippen LogP contribution in [-0.2, 0) is 14.8 Å². The zero-order valence-corrected chi connectivity index (χ0v) is 17.7. The number of hydrogen-bond donors (Lipinski definition) is 1. The second-order valence-corrected chi connectivity index (χ2v) is 9.12. The SMILES string of the molecule is Cc1cc(NC(=O)CCCN(c2ccc(Cl)cc2)S(C)(=O)=O)ccc1Br. The van der Waals surface area contributed by atoms with Gasteiger partial charge in [0.15, 0.2) is 0 Å². The standard InChI is InChI=1S/C18H20BrClN2O3S/c1-13-12-15(7-10-17(13)19)21-18(23)4-3-11-22(26(2,24)25)16-8-5-14(20)6-9-16/h5-10,12H,3-4,11H2,1-2H3,(H,21,23). The van der Waals surface area contributed by atoms with Crippen LogP contribution in [0.3, 0.4) is 0 Å². The number of carbonyl (C=O) groups excluding carboxylic acids is 1. The van der Waals surface area contributed by atoms with E-state index in [2.05, 4.69) is 21.2 Å². The van der Waals surface area contributed by atoms with Gasteiger partial charge in [0.1, 0.15) is 0 Å². The van der Waals surface area contributed by atoms with Crippen LogP contribution in [0, 0.1) is 6.92 Å². The van der Waals surface area contributed by atoms with Gasteiger partial charge < -0.3 is 5.32 Å². The second-order valence-electron chi connectivity index (χ2n) is 5.93. The minimum atomic E-state index is -3.44. The molecule has 2 rings (SSSR count). The summed E-state index contributed by atoms with van der Waals surface area (Å²) in [6.45, 7) is 2.16. The molecule has 26 heavy (non-hydrogen) atoms. The number of anilines is 2. The fraction of sp³-hybridized carbons (Fsp3) is 0.278. The first-order chi connectivity index (χ1) is 12.2. The molecule has 0 unspecified atom stereocenters. The molecule has 1 amide bonds. The van der Waals surface area contributed by atoms with E-state index in [1.807, 2.05) is 25.1 Å². The largest absolute Gasteiger partial charge is 0.326 e. The van der Waals surface area contributed by atoms with Gasteiger partial charge in [-0.3, -0.25) is 9.10 Å². The van der Waals surface area contributed by atoms with E-state index in [-0.39, 0.29) is 18.9 Å². The molecule has 0 saturated carbocycles. The smallest absolute Gasteiger partial charge is 0.232 e. The first-order valence-corrected chi connectivity index (χ1v) is 11.0. The Hall–Kier alpha value is -1.57. The summed E-state index contributed by atoms with van der Waals surface area (Å²) in [4.78, 5) is 12.1. The van der Waals surface area contributed by atoms with Gasteiger partial charge >= 0.3 is 0 Å². The Morgan fingerprint density at radius 2 is 1.85 bits per heavy atom. The molecule has 0 aliphatic carbocycles. The number of benzene rings is 2. The maximum absolute atomic E-state index is 12.1. The lowest BCUT2D eigenvalue weighted by Gasteiger charge is -2.22. The summed E-state index contributed by atoms with van der Waals surface area (Å²) in [5.41, 5.74) is 2.27. The van der Waals surface area contributed by atoms with E-state index >= 15 is 0 Å². The number of aryl methyl sites for hydroxylation is 1. The molecule has 1 N–H and O–H groups in total. The molecule has 2 aromatic rings. The quantitative estimate of drug-likeness (QED) is 0.658. The van der Waals surface area contributed by atoms with Crippen LogP contribution in [0.15, 0.2) is 46.9 Å². The van der Waals surface area contributed by atoms with Crippen molar-refractivity contribution in [1.82, 2.24) is 0 Å². The Balaban J connectivity index is 1.95. The molecule has 0 bridgehead atoms. The molecule has 0 fully saturated rings. The van der Waals surface area contributed by atoms with Gasteiger partial charge in [-0.05, 0) is 61.4 Å². The third kappa shape index (κ3) is 6.00. The number of carbonyl (C=O) groups is 1. The number of hydrogen-bond acceptors (Lipinski definition) is 3. The van der Waals surface area contributed by atoms with Crippen LogP contribution in [0.5, 0.6) is 0 Å². The van der Waals surface area contributed by atoms with Crippen molar-refractivity contribution in [2.24, 2.45) is 0 Å². The summed E-state index contributed by atoms with van der Waals surface area (Å²) < 4.78 is 26.3. The van der Waals surface area contributed by atoms with Gasteiger partial charge in [0.25, 0.3) is 0 Å². The molecule has 0 aliphatic rings. The molecule has 0 aliphatic heterocycles. The highest BCUT2D eigenvalue weighted by atomic mass is 79.9. The number of amides is 1. The molecule has 5 nitrogen and oxygen atoms in total. The number of nitrogens with zero attached hydrogens (tertiary/aromatic N) is 1. The fourth-order valence-electron chi connectivity index (χ4n) is 2.42. The lowest BCUT2D eigenvalue weighted by Crippen LogP contribution is -2.31. The molecule has 0 spiro atoms. The third-order valence-corrected chi connectivity index (χ3v) is 6.06. The number of nitrogens with one attached hydrogen (secondary N) is 1. The van der Waals surface area contributed by atoms with Gasteiger partial charge in [0.2, 0.25) is 15.9 Å². The fourth-order valence-corrected chi connectivity index (χ4v) is 3.76. The van der Waals surface area contributed by atoms with Crippen LogP contribution in [0.1, 0.15) is 18.4 Å². The van der Waals surface area contributed by atoms with Crippen LogP contribution >= 0.6 is 27.5 Å². The van der Waals surface area contributed by atoms with Crippen molar-refractivity contribution < 1.29 is 13.2 Å². The first kappa shape index (κ1) is 20.7. The van der Waals surface area contributed by atoms with Gasteiger partial charge in [0, 0.05) is 28.1 Å². The summed E-state index contributed by atoms with van der Waals surface area (Å²) >= 11 is 9.27. The minimum absolute atomic E-state index is 0.156. The van der Waals surface area contributed by atoms with Crippen LogP contribution < -0.4 is 9.62 Å². The maximum atomic E-state index is 12.1. The van der Waals surface area contributed by atoms with Crippen molar-refractivity contribution in [1.29, 1.82) is 0 Å². The van der Waals surface area contributed by atoms with Gasteiger partial charge in [0.05, 0.1) is 11.9 Å². The zero-order valence-electron chi connectivity index (χ0n) is 14.5. The van der Waals surface area contributed by atoms with E-state index in [9.17, 15) is 13.2 Å². The van der Waals surface area contributed by atoms with E-state index in [0.29, 0.717) is 22.8 Å². The number of sulfonamides is 1. The molecule has 0 heterocycles. The molecular weight excluding hydrogens is 440 g/mol. The first-order valence-electron chi connectivity index (χ1n) is 7.96. The van der Waals surface area contributed by atoms with Crippen LogP contribution in [0.2, 0.25) is 5.02 Å². The summed E-state index contributed by atoms with van der Waals surface area (Å²) in [5.74, 6) is -0.156. The molecule has 2 aromatic carbocycles. The van der Waals surface area contributed by atoms with E-state index < -0.39 is 10.0 Å². The van der Waals surface area contributed by atoms with Gasteiger partial charge in [-0.2, -0.15) is 0 Å². The number of halogens is 2. The topological polar surface area (TPSA) is 66.5 Å². The highest BCUT2D eigenvalue weighted by Gasteiger charge is 2.17. The summed E-state index contributed by atoms with van der Waals surface area (Å²) in [5, 5.41) is 3.36. The predicted octanol–water partition coefficient (Wildman–Crippen LogP) is 4.60. The van der Waals surface area contributed by atoms with E-state index in [1.54, 1.807) is 24.3 Å². The van der Waals surface area contributed by atoms with Crippen LogP contribution in [-0.4, -0.2) is 27.1 Å². The molecule has 8 heteroatoms. The average Bonchev–Trinajstić information content (AvgIpc) is 2.55. The Labute approximate surface area is 167 Å². The van der Waals surface area contributed by atoms with E-state index in [1.165, 1.54) is 4.31 Å². The van der Waals surface area contributed by atoms with Gasteiger partial charge in [-0.1, -0.05) is 27.5 Å². The molecule has 0 radical (unpaired) electrons. The number of rotatable bonds is 7. The van der Waals surface area contributed by atoms with Crippen molar-refractivity contribution in [2.75, 3.05) is 22.4 Å². The van der Waals surface area contributed by atoms with Crippen molar-refractivity contribution in [3.8, 4) is 0 Å². The second kappa shape index (κ2) is 8.88. The van der Waals surface area contributed by atoms with Crippen LogP contribution in [0.25, 0.3) is 0 Å². The average molecular weight is 460 g/mol. The molecule has 0 saturated heterocycles. The summed E-state index contributed by atoms with van der Waals surface area (Å²) in [7, 11) is -3.44. The summed E-state index contributed by atoms with van der Waals surface area (Å²) in [6.07, 6.45) is 1.76. The van der Waals surface area contributed by atoms with Crippen molar-refractivity contribution in [2.45, 2.75) is 19.8 Å². The van der Waals surface area contributed by atoms with Gasteiger partial charge in [-0.25, -0.2) is 8.42 Å². The van der Waals surface area contributed by atoms with E-state index in [0.717, 1.165) is 16.3 Å². The van der Waals surface area contributed by atoms with Crippen molar-refractivity contribution in [3.63, 3.8) is 0 Å². The van der Waals surface area contributed by atoms with Crippen molar-refractivity contribution in [3.05, 3.63) is 57.5 Å². The zero-order chi connectivity index (χ0) is 19.3. The van der Waals surface area contributed by atoms with Crippen LogP contribution in [0.4, 0.5) is 11.4 Å². The lowest BCUT2D eigenvalue weighted by atomic mass is 10.2. The molecule has 140 valence electrons. The Morgan fingerprint density at radius 3 is 2.42 bits per heavy atom. The normalized spacial score (nSPS) is 11.2. The molecular formula is C18H20BrClN2O3S. The van der Waals surface area contributed by atoms with Gasteiger partial charge in [-0.15, -0.1) is 0 Å². The van der Waals surface area contributed by atoms with Crippen molar-refractivity contribution >= 4 is 54.8 Å². The Kier molecular flexibility index (Phi) is 7.08. The highest BCUT2D eigenvalue weighted by Crippen LogP contribution is 2.22. The molecule has 0 atom stereocenters. The maximum Gasteiger partial charge on any atom is 0.232 e.